The molecule has 0 N–H and O–H groups in total. The molecule has 0 aliphatic rings. The summed E-state index contributed by atoms with van der Waals surface area (Å²) in [7, 11) is -9.09. The van der Waals surface area contributed by atoms with E-state index in [0.717, 1.165) is 38.5 Å². The van der Waals surface area contributed by atoms with Crippen LogP contribution in [0.4, 0.5) is 0 Å². The Kier molecular flexibility index (Phi) is 30.7. The number of hydrogen-bond donors (Lipinski definition) is 0. The summed E-state index contributed by atoms with van der Waals surface area (Å²) in [6, 6.07) is 25.4. The number of unbranched alkanes of at least 4 members (excludes halogenated alkanes) is 2. The van der Waals surface area contributed by atoms with Gasteiger partial charge in [0.2, 0.25) is 0 Å². The Bertz CT molecular complexity index is 1560. The second-order valence-corrected chi connectivity index (χ2v) is 13.8. The Morgan fingerprint density at radius 1 is 0.375 bits per heavy atom. The minimum Gasteiger partial charge on any atom is -1.00 e. The minimum absolute atomic E-state index is 0. The van der Waals surface area contributed by atoms with E-state index in [0.29, 0.717) is 49.4 Å². The number of rotatable bonds is 22. The molecule has 4 aromatic rings. The Morgan fingerprint density at radius 2 is 0.571 bits per heavy atom. The van der Waals surface area contributed by atoms with Crippen LogP contribution in [0.15, 0.2) is 97.1 Å². The molecule has 0 fully saturated rings. The quantitative estimate of drug-likeness (QED) is 0.0648. The number of hydrogen-bond acceptors (Lipinski definition) is 12. The molecular weight excluding hydrogens is 830 g/mol. The molecule has 0 aliphatic carbocycles. The first-order valence-electron chi connectivity index (χ1n) is 17.4. The molecule has 0 saturated carbocycles. The van der Waals surface area contributed by atoms with Crippen LogP contribution in [0.25, 0.3) is 0 Å². The maximum absolute atomic E-state index is 12.1. The van der Waals surface area contributed by atoms with Gasteiger partial charge in [0.05, 0.1) is 26.4 Å². The average Bonchev–Trinajstić information content (AvgIpc) is 3.12. The van der Waals surface area contributed by atoms with Crippen molar-refractivity contribution in [2.45, 2.75) is 66.2 Å². The van der Waals surface area contributed by atoms with Gasteiger partial charge in [0.1, 0.15) is 46.0 Å². The third-order valence-corrected chi connectivity index (χ3v) is 8.38. The number of ether oxygens (including phenoxy) is 4. The minimum atomic E-state index is -4.55. The molecule has 0 spiro atoms. The van der Waals surface area contributed by atoms with Crippen molar-refractivity contribution in [3.63, 3.8) is 0 Å². The molecule has 0 saturated heterocycles. The van der Waals surface area contributed by atoms with E-state index >= 15 is 0 Å². The zero-order chi connectivity index (χ0) is 37.7. The Morgan fingerprint density at radius 3 is 0.768 bits per heavy atom. The van der Waals surface area contributed by atoms with Crippen LogP contribution in [-0.4, -0.2) is 72.5 Å². The van der Waals surface area contributed by atoms with Gasteiger partial charge in [-0.15, -0.1) is 0 Å². The summed E-state index contributed by atoms with van der Waals surface area (Å²) in [4.78, 5) is 24.1. The third-order valence-electron chi connectivity index (χ3n) is 6.64. The topological polar surface area (TPSA) is 154 Å². The standard InChI is InChI=1S/C20H27O6P.C18H23O6P.2ClH.2Mg/c1-3-5-15-23-17-7-11-19(12-8-17)25-27(21,22)26-20-13-9-18(10-14-20)24-16-6-4-2;1-3-13-21-15-5-9-17(10-6-15)23-25(19,20)24-18-11-7-16(8-12-18)22-14-4-2;;;;/h7-14H,3-6,15-16H2,1-2H3,(H,21,22);5-12H,3-4,13-14H2,1-2H3,(H,19,20);2*1H;;/q;;;;2*+2/p-4. The normalized spacial score (nSPS) is 10.2. The van der Waals surface area contributed by atoms with Crippen LogP contribution in [0.2, 0.25) is 0 Å². The monoisotopic (exact) mass is 876 g/mol. The van der Waals surface area contributed by atoms with Crippen molar-refractivity contribution < 1.29 is 80.8 Å². The Balaban J connectivity index is 0. The van der Waals surface area contributed by atoms with Gasteiger partial charge in [-0.25, -0.2) is 9.13 Å². The number of phosphoric ester groups is 2. The van der Waals surface area contributed by atoms with Crippen LogP contribution in [0.3, 0.4) is 0 Å². The van der Waals surface area contributed by atoms with Crippen molar-refractivity contribution >= 4 is 61.8 Å². The molecule has 0 bridgehead atoms. The van der Waals surface area contributed by atoms with Crippen molar-refractivity contribution in [1.82, 2.24) is 0 Å². The van der Waals surface area contributed by atoms with E-state index in [1.165, 1.54) is 48.5 Å². The van der Waals surface area contributed by atoms with Crippen LogP contribution in [0.5, 0.6) is 46.0 Å². The summed E-state index contributed by atoms with van der Waals surface area (Å²) in [6.07, 6.45) is 5.80. The number of benzene rings is 4. The molecule has 0 aromatic heterocycles. The molecule has 0 amide bonds. The van der Waals surface area contributed by atoms with Gasteiger partial charge in [0.15, 0.2) is 0 Å². The molecule has 12 nitrogen and oxygen atoms in total. The van der Waals surface area contributed by atoms with Crippen molar-refractivity contribution in [2.75, 3.05) is 26.4 Å². The van der Waals surface area contributed by atoms with Crippen molar-refractivity contribution in [2.24, 2.45) is 0 Å². The van der Waals surface area contributed by atoms with Crippen LogP contribution < -0.4 is 71.6 Å². The molecule has 0 unspecified atom stereocenters. The summed E-state index contributed by atoms with van der Waals surface area (Å²) >= 11 is 0. The summed E-state index contributed by atoms with van der Waals surface area (Å²) in [5.74, 6) is 3.27. The summed E-state index contributed by atoms with van der Waals surface area (Å²) < 4.78 is 65.9. The van der Waals surface area contributed by atoms with Crippen molar-refractivity contribution in [1.29, 1.82) is 0 Å². The zero-order valence-corrected chi connectivity index (χ0v) is 38.4. The Labute approximate surface area is 375 Å². The molecule has 56 heavy (non-hydrogen) atoms. The first kappa shape index (κ1) is 55.9. The summed E-state index contributed by atoms with van der Waals surface area (Å²) in [5.41, 5.74) is 0. The van der Waals surface area contributed by atoms with Gasteiger partial charge in [-0.2, -0.15) is 0 Å². The fourth-order valence-electron chi connectivity index (χ4n) is 4.05. The molecule has 0 radical (unpaired) electrons. The van der Waals surface area contributed by atoms with Gasteiger partial charge in [-0.05, 0) is 123 Å². The first-order chi connectivity index (χ1) is 25.0. The van der Waals surface area contributed by atoms with E-state index in [-0.39, 0.29) is 93.9 Å². The smallest absolute Gasteiger partial charge is 1.00 e. The molecule has 4 rings (SSSR count). The second kappa shape index (κ2) is 30.8. The average molecular weight is 878 g/mol. The maximum Gasteiger partial charge on any atom is 2.00 e. The van der Waals surface area contributed by atoms with E-state index < -0.39 is 15.6 Å². The van der Waals surface area contributed by atoms with Gasteiger partial charge in [0, 0.05) is 0 Å². The van der Waals surface area contributed by atoms with Crippen molar-refractivity contribution in [3.8, 4) is 46.0 Å². The van der Waals surface area contributed by atoms with Gasteiger partial charge in [0.25, 0.3) is 0 Å². The second-order valence-electron chi connectivity index (χ2n) is 11.2. The summed E-state index contributed by atoms with van der Waals surface area (Å²) in [5, 5.41) is 0. The van der Waals surface area contributed by atoms with Gasteiger partial charge >= 0.3 is 61.8 Å². The molecule has 0 atom stereocenters. The summed E-state index contributed by atoms with van der Waals surface area (Å²) in [6.45, 7) is 10.6. The van der Waals surface area contributed by atoms with Crippen LogP contribution in [0, 0.1) is 0 Å². The van der Waals surface area contributed by atoms with Crippen molar-refractivity contribution in [3.05, 3.63) is 97.1 Å². The molecule has 4 aromatic carbocycles. The van der Waals surface area contributed by atoms with E-state index in [4.69, 9.17) is 37.0 Å². The predicted octanol–water partition coefficient (Wildman–Crippen LogP) is 2.41. The Hall–Kier alpha value is -2.23. The molecular formula is C38H48Cl2Mg2O12P2. The third kappa shape index (κ3) is 23.2. The van der Waals surface area contributed by atoms with Gasteiger partial charge in [-0.1, -0.05) is 40.5 Å². The predicted molar refractivity (Wildman–Crippen MR) is 207 cm³/mol. The molecule has 18 heteroatoms. The van der Waals surface area contributed by atoms with Gasteiger partial charge < -0.3 is 71.6 Å². The largest absolute Gasteiger partial charge is 2.00 e. The fraction of sp³-hybridized carbons (Fsp3) is 0.368. The molecule has 0 heterocycles. The zero-order valence-electron chi connectivity index (χ0n) is 32.3. The SMILES string of the molecule is CCCCOc1ccc(OP(=O)([O-])Oc2ccc(OCCCC)cc2)cc1.CCCOc1ccc(OP(=O)([O-])Oc2ccc(OCCC)cc2)cc1.[Cl-].[Cl-].[Mg+2].[Mg+2]. The van der Waals surface area contributed by atoms with E-state index in [1.807, 2.05) is 13.8 Å². The van der Waals surface area contributed by atoms with Crippen LogP contribution >= 0.6 is 15.6 Å². The van der Waals surface area contributed by atoms with Crippen LogP contribution in [0.1, 0.15) is 66.2 Å². The number of halogens is 2. The van der Waals surface area contributed by atoms with E-state index in [1.54, 1.807) is 48.5 Å². The first-order valence-corrected chi connectivity index (χ1v) is 20.3. The molecule has 300 valence electrons. The molecule has 0 aliphatic heterocycles. The van der Waals surface area contributed by atoms with Gasteiger partial charge in [-0.3, -0.25) is 0 Å². The van der Waals surface area contributed by atoms with E-state index in [2.05, 4.69) is 13.8 Å². The van der Waals surface area contributed by atoms with Crippen LogP contribution in [-0.2, 0) is 9.13 Å². The maximum atomic E-state index is 12.1. The number of phosphoric acid groups is 2. The fourth-order valence-corrected chi connectivity index (χ4v) is 5.64. The van der Waals surface area contributed by atoms with E-state index in [9.17, 15) is 18.9 Å².